The maximum atomic E-state index is 13.5. The number of aryl methyl sites for hydroxylation is 1. The van der Waals surface area contributed by atoms with Crippen LogP contribution in [-0.2, 0) is 16.1 Å². The number of carbonyl (C=O) groups excluding carboxylic acids is 2. The first-order valence-corrected chi connectivity index (χ1v) is 13.1. The second-order valence-electron chi connectivity index (χ2n) is 9.92. The SMILES string of the molecule is Cc1cc(/C(O)=C2\C(=O)C(=O)N(Cc3cccnc3)[C@H]2c2cccc(Oc3ccccc3)c2)ccc1OC(C)C. The van der Waals surface area contributed by atoms with Gasteiger partial charge in [-0.1, -0.05) is 36.4 Å². The van der Waals surface area contributed by atoms with Crippen molar-refractivity contribution in [2.24, 2.45) is 0 Å². The summed E-state index contributed by atoms with van der Waals surface area (Å²) in [5.74, 6) is 0.198. The monoisotopic (exact) mass is 534 g/mol. The lowest BCUT2D eigenvalue weighted by Crippen LogP contribution is -2.29. The smallest absolute Gasteiger partial charge is 0.295 e. The number of carbonyl (C=O) groups is 2. The quantitative estimate of drug-likeness (QED) is 0.156. The van der Waals surface area contributed by atoms with Crippen molar-refractivity contribution < 1.29 is 24.2 Å². The van der Waals surface area contributed by atoms with Crippen molar-refractivity contribution >= 4 is 17.4 Å². The van der Waals surface area contributed by atoms with E-state index in [0.29, 0.717) is 28.4 Å². The van der Waals surface area contributed by atoms with Crippen molar-refractivity contribution in [2.45, 2.75) is 39.5 Å². The zero-order valence-corrected chi connectivity index (χ0v) is 22.6. The van der Waals surface area contributed by atoms with E-state index in [9.17, 15) is 14.7 Å². The fourth-order valence-corrected chi connectivity index (χ4v) is 4.79. The lowest BCUT2D eigenvalue weighted by molar-refractivity contribution is -0.140. The zero-order chi connectivity index (χ0) is 28.2. The molecular weight excluding hydrogens is 504 g/mol. The molecule has 0 spiro atoms. The van der Waals surface area contributed by atoms with Crippen LogP contribution in [0.4, 0.5) is 0 Å². The molecule has 0 aliphatic carbocycles. The summed E-state index contributed by atoms with van der Waals surface area (Å²) >= 11 is 0. The molecule has 1 amide bonds. The fourth-order valence-electron chi connectivity index (χ4n) is 4.79. The number of ether oxygens (including phenoxy) is 2. The largest absolute Gasteiger partial charge is 0.507 e. The highest BCUT2D eigenvalue weighted by atomic mass is 16.5. The minimum Gasteiger partial charge on any atom is -0.507 e. The Morgan fingerprint density at radius 3 is 2.42 bits per heavy atom. The first-order chi connectivity index (χ1) is 19.3. The zero-order valence-electron chi connectivity index (χ0n) is 22.6. The van der Waals surface area contributed by atoms with Gasteiger partial charge >= 0.3 is 0 Å². The predicted octanol–water partition coefficient (Wildman–Crippen LogP) is 6.59. The Morgan fingerprint density at radius 2 is 1.73 bits per heavy atom. The number of likely N-dealkylation sites (tertiary alicyclic amines) is 1. The van der Waals surface area contributed by atoms with Crippen LogP contribution in [0.1, 0.15) is 42.1 Å². The topological polar surface area (TPSA) is 89.0 Å². The van der Waals surface area contributed by atoms with Gasteiger partial charge in [-0.25, -0.2) is 0 Å². The van der Waals surface area contributed by atoms with E-state index in [1.165, 1.54) is 4.90 Å². The normalized spacial score (nSPS) is 16.4. The van der Waals surface area contributed by atoms with Crippen molar-refractivity contribution in [3.8, 4) is 17.2 Å². The maximum absolute atomic E-state index is 13.5. The van der Waals surface area contributed by atoms with Crippen molar-refractivity contribution in [3.05, 3.63) is 125 Å². The van der Waals surface area contributed by atoms with Crippen LogP contribution in [0.25, 0.3) is 5.76 Å². The number of aliphatic hydroxyl groups excluding tert-OH is 1. The number of aliphatic hydroxyl groups is 1. The van der Waals surface area contributed by atoms with Crippen molar-refractivity contribution in [3.63, 3.8) is 0 Å². The van der Waals surface area contributed by atoms with Gasteiger partial charge in [0.1, 0.15) is 23.0 Å². The molecule has 1 fully saturated rings. The van der Waals surface area contributed by atoms with E-state index in [4.69, 9.17) is 9.47 Å². The molecule has 1 aromatic heterocycles. The molecule has 2 heterocycles. The van der Waals surface area contributed by atoms with Gasteiger partial charge in [0.05, 0.1) is 17.7 Å². The number of hydrogen-bond donors (Lipinski definition) is 1. The third kappa shape index (κ3) is 5.59. The Kier molecular flexibility index (Phi) is 7.64. The second kappa shape index (κ2) is 11.5. The summed E-state index contributed by atoms with van der Waals surface area (Å²) in [5, 5.41) is 11.5. The summed E-state index contributed by atoms with van der Waals surface area (Å²) in [7, 11) is 0. The van der Waals surface area contributed by atoms with E-state index in [0.717, 1.165) is 11.1 Å². The van der Waals surface area contributed by atoms with Crippen LogP contribution in [-0.4, -0.2) is 32.8 Å². The third-order valence-electron chi connectivity index (χ3n) is 6.58. The Labute approximate surface area is 233 Å². The molecule has 0 bridgehead atoms. The highest BCUT2D eigenvalue weighted by molar-refractivity contribution is 6.46. The van der Waals surface area contributed by atoms with Crippen LogP contribution < -0.4 is 9.47 Å². The third-order valence-corrected chi connectivity index (χ3v) is 6.58. The Morgan fingerprint density at radius 1 is 0.950 bits per heavy atom. The first kappa shape index (κ1) is 26.7. The molecule has 40 heavy (non-hydrogen) atoms. The van der Waals surface area contributed by atoms with Crippen LogP contribution in [0.5, 0.6) is 17.2 Å². The van der Waals surface area contributed by atoms with Crippen LogP contribution in [0.3, 0.4) is 0 Å². The molecule has 3 aromatic carbocycles. The van der Waals surface area contributed by atoms with Crippen LogP contribution in [0, 0.1) is 6.92 Å². The van der Waals surface area contributed by atoms with Crippen LogP contribution >= 0.6 is 0 Å². The minimum absolute atomic E-state index is 0.0127. The van der Waals surface area contributed by atoms with E-state index in [2.05, 4.69) is 4.98 Å². The standard InChI is InChI=1S/C33H30N2O5/c1-21(2)39-28-15-14-25(17-22(28)3)31(36)29-30(35(33(38)32(29)37)20-23-9-8-16-34-19-23)24-10-7-13-27(18-24)40-26-11-5-4-6-12-26/h4-19,21,30,36H,20H2,1-3H3/b31-29+/t30-/m0/s1. The van der Waals surface area contributed by atoms with Gasteiger partial charge in [-0.15, -0.1) is 0 Å². The summed E-state index contributed by atoms with van der Waals surface area (Å²) in [4.78, 5) is 32.5. The number of aromatic nitrogens is 1. The molecule has 0 saturated carbocycles. The average molecular weight is 535 g/mol. The van der Waals surface area contributed by atoms with E-state index in [1.807, 2.05) is 63.2 Å². The Bertz CT molecular complexity index is 1560. The molecule has 5 rings (SSSR count). The molecular formula is C33H30N2O5. The fraction of sp³-hybridized carbons (Fsp3) is 0.182. The van der Waals surface area contributed by atoms with Crippen molar-refractivity contribution in [1.82, 2.24) is 9.88 Å². The van der Waals surface area contributed by atoms with Crippen LogP contribution in [0.2, 0.25) is 0 Å². The van der Waals surface area contributed by atoms with Crippen LogP contribution in [0.15, 0.2) is 103 Å². The molecule has 0 radical (unpaired) electrons. The van der Waals surface area contributed by atoms with E-state index >= 15 is 0 Å². The molecule has 1 N–H and O–H groups in total. The number of Topliss-reactive ketones (excluding diaryl/α,β-unsaturated/α-hetero) is 1. The van der Waals surface area contributed by atoms with Gasteiger partial charge in [0.15, 0.2) is 0 Å². The summed E-state index contributed by atoms with van der Waals surface area (Å²) in [6.07, 6.45) is 3.29. The summed E-state index contributed by atoms with van der Waals surface area (Å²) < 4.78 is 11.9. The summed E-state index contributed by atoms with van der Waals surface area (Å²) in [5.41, 5.74) is 2.64. The highest BCUT2D eigenvalue weighted by Crippen LogP contribution is 2.41. The summed E-state index contributed by atoms with van der Waals surface area (Å²) in [6.45, 7) is 5.89. The number of para-hydroxylation sites is 1. The van der Waals surface area contributed by atoms with Gasteiger partial charge in [0, 0.05) is 24.5 Å². The molecule has 4 aromatic rings. The second-order valence-corrected chi connectivity index (χ2v) is 9.92. The van der Waals surface area contributed by atoms with Gasteiger partial charge in [-0.05, 0) is 86.0 Å². The van der Waals surface area contributed by atoms with E-state index in [-0.39, 0.29) is 24.0 Å². The van der Waals surface area contributed by atoms with Gasteiger partial charge in [0.2, 0.25) is 0 Å². The number of benzene rings is 3. The van der Waals surface area contributed by atoms with Gasteiger partial charge in [-0.3, -0.25) is 14.6 Å². The molecule has 1 aliphatic rings. The summed E-state index contributed by atoms with van der Waals surface area (Å²) in [6, 6.07) is 24.6. The molecule has 202 valence electrons. The molecule has 7 heteroatoms. The Balaban J connectivity index is 1.60. The molecule has 1 atom stereocenters. The van der Waals surface area contributed by atoms with E-state index < -0.39 is 17.7 Å². The van der Waals surface area contributed by atoms with Crippen molar-refractivity contribution in [2.75, 3.05) is 0 Å². The maximum Gasteiger partial charge on any atom is 0.295 e. The van der Waals surface area contributed by atoms with Gasteiger partial charge in [0.25, 0.3) is 11.7 Å². The number of amides is 1. The van der Waals surface area contributed by atoms with Gasteiger partial charge < -0.3 is 19.5 Å². The number of ketones is 1. The number of hydrogen-bond acceptors (Lipinski definition) is 6. The average Bonchev–Trinajstić information content (AvgIpc) is 3.20. The van der Waals surface area contributed by atoms with E-state index in [1.54, 1.807) is 54.9 Å². The molecule has 7 nitrogen and oxygen atoms in total. The first-order valence-electron chi connectivity index (χ1n) is 13.1. The number of rotatable bonds is 8. The lowest BCUT2D eigenvalue weighted by Gasteiger charge is -2.25. The molecule has 1 aliphatic heterocycles. The van der Waals surface area contributed by atoms with Gasteiger partial charge in [-0.2, -0.15) is 0 Å². The molecule has 0 unspecified atom stereocenters. The number of nitrogens with zero attached hydrogens (tertiary/aromatic N) is 2. The van der Waals surface area contributed by atoms with Crippen molar-refractivity contribution in [1.29, 1.82) is 0 Å². The number of pyridine rings is 1. The lowest BCUT2D eigenvalue weighted by atomic mass is 9.94. The predicted molar refractivity (Wildman–Crippen MR) is 152 cm³/mol. The highest BCUT2D eigenvalue weighted by Gasteiger charge is 2.46. The Hall–Kier alpha value is -4.91. The molecule has 1 saturated heterocycles. The minimum atomic E-state index is -0.841.